The summed E-state index contributed by atoms with van der Waals surface area (Å²) in [7, 11) is 0. The van der Waals surface area contributed by atoms with Gasteiger partial charge in [-0.15, -0.1) is 0 Å². The van der Waals surface area contributed by atoms with Crippen molar-refractivity contribution < 1.29 is 89.4 Å². The molecule has 0 aliphatic carbocycles. The summed E-state index contributed by atoms with van der Waals surface area (Å²) >= 11 is 0. The highest BCUT2D eigenvalue weighted by Crippen LogP contribution is 2.34. The predicted octanol–water partition coefficient (Wildman–Crippen LogP) is 16.7. The molecule has 0 aromatic heterocycles. The number of allylic oxidation sites excluding steroid dienone is 1. The maximum Gasteiger partial charge on any atom is 0.220 e. The molecule has 3 aliphatic heterocycles. The zero-order chi connectivity index (χ0) is 76.7. The Morgan fingerprint density at radius 2 is 0.585 bits per heavy atom. The molecule has 3 aliphatic rings. The second-order valence-corrected chi connectivity index (χ2v) is 32.4. The van der Waals surface area contributed by atoms with Crippen molar-refractivity contribution >= 4 is 5.91 Å². The fourth-order valence-electron chi connectivity index (χ4n) is 15.7. The minimum absolute atomic E-state index is 0.250. The van der Waals surface area contributed by atoms with E-state index in [1.165, 1.54) is 334 Å². The minimum atomic E-state index is -1.98. The van der Waals surface area contributed by atoms with Crippen molar-refractivity contribution in [1.29, 1.82) is 0 Å². The van der Waals surface area contributed by atoms with Gasteiger partial charge in [0.1, 0.15) is 73.2 Å². The molecular formula is C87H167NO18. The van der Waals surface area contributed by atoms with Gasteiger partial charge < -0.3 is 89.9 Å². The van der Waals surface area contributed by atoms with Crippen LogP contribution >= 0.6 is 0 Å². The molecule has 19 nitrogen and oxygen atoms in total. The second kappa shape index (κ2) is 68.0. The van der Waals surface area contributed by atoms with Crippen LogP contribution in [-0.2, 0) is 33.2 Å². The summed E-state index contributed by atoms with van der Waals surface area (Å²) in [6.07, 6.45) is 56.8. The quantitative estimate of drug-likeness (QED) is 0.0199. The van der Waals surface area contributed by atoms with Crippen molar-refractivity contribution in [2.45, 2.75) is 510 Å². The van der Waals surface area contributed by atoms with Crippen molar-refractivity contribution in [3.63, 3.8) is 0 Å². The summed E-state index contributed by atoms with van der Waals surface area (Å²) in [5.74, 6) is -0.265. The van der Waals surface area contributed by atoms with Gasteiger partial charge >= 0.3 is 0 Å². The van der Waals surface area contributed by atoms with Crippen LogP contribution in [0, 0.1) is 0 Å². The SMILES string of the molecule is CCCCCCCCCCCCCCCCCCCC/C=C/C(O)C(COC1OC(CO)C(OC2OC(CO)C(OC3OC(CO)C(O)C(O)C3O)C(O)C2O)C(O)C1O)NC(=O)CCCCCCCCCCCCCCCCCCCCCCCCCCCCCCCCCCCCCCCCCCC. The van der Waals surface area contributed by atoms with E-state index >= 15 is 0 Å². The number of rotatable bonds is 74. The van der Waals surface area contributed by atoms with E-state index in [1.807, 2.05) is 6.08 Å². The molecule has 628 valence electrons. The largest absolute Gasteiger partial charge is 0.394 e. The Balaban J connectivity index is 1.27. The lowest BCUT2D eigenvalue weighted by Crippen LogP contribution is -2.66. The molecule has 3 fully saturated rings. The second-order valence-electron chi connectivity index (χ2n) is 32.4. The summed E-state index contributed by atoms with van der Waals surface area (Å²) in [6.45, 7) is 1.81. The van der Waals surface area contributed by atoms with E-state index < -0.39 is 124 Å². The maximum absolute atomic E-state index is 13.5. The smallest absolute Gasteiger partial charge is 0.220 e. The van der Waals surface area contributed by atoms with Crippen LogP contribution in [0.1, 0.15) is 406 Å². The molecule has 0 spiro atoms. The molecule has 0 aromatic carbocycles. The lowest BCUT2D eigenvalue weighted by atomic mass is 9.96. The summed E-state index contributed by atoms with van der Waals surface area (Å²) in [4.78, 5) is 13.5. The highest BCUT2D eigenvalue weighted by Gasteiger charge is 2.54. The van der Waals surface area contributed by atoms with Crippen molar-refractivity contribution in [2.24, 2.45) is 0 Å². The van der Waals surface area contributed by atoms with Gasteiger partial charge in [0.25, 0.3) is 0 Å². The first-order chi connectivity index (χ1) is 51.8. The summed E-state index contributed by atoms with van der Waals surface area (Å²) in [6, 6.07) is -0.970. The molecule has 17 unspecified atom stereocenters. The molecular weight excluding hydrogens is 1350 g/mol. The van der Waals surface area contributed by atoms with Crippen LogP contribution in [-0.4, -0.2) is 193 Å². The van der Waals surface area contributed by atoms with Gasteiger partial charge in [-0.1, -0.05) is 392 Å². The van der Waals surface area contributed by atoms with Crippen molar-refractivity contribution in [3.05, 3.63) is 12.2 Å². The van der Waals surface area contributed by atoms with Gasteiger partial charge in [0.05, 0.1) is 38.6 Å². The van der Waals surface area contributed by atoms with Crippen LogP contribution in [0.3, 0.4) is 0 Å². The van der Waals surface area contributed by atoms with Gasteiger partial charge in [-0.05, 0) is 19.3 Å². The van der Waals surface area contributed by atoms with Crippen molar-refractivity contribution in [1.82, 2.24) is 5.32 Å². The van der Waals surface area contributed by atoms with Crippen LogP contribution in [0.15, 0.2) is 12.2 Å². The Morgan fingerprint density at radius 1 is 0.330 bits per heavy atom. The normalized spacial score (nSPS) is 25.6. The topological polar surface area (TPSA) is 307 Å². The number of hydrogen-bond donors (Lipinski definition) is 12. The zero-order valence-electron chi connectivity index (χ0n) is 67.7. The Hall–Kier alpha value is -1.47. The molecule has 0 aromatic rings. The van der Waals surface area contributed by atoms with Crippen molar-refractivity contribution in [2.75, 3.05) is 26.4 Å². The number of aliphatic hydroxyl groups is 11. The number of carbonyl (C=O) groups excluding carboxylic acids is 1. The third-order valence-electron chi connectivity index (χ3n) is 22.8. The Kier molecular flexibility index (Phi) is 63.3. The van der Waals surface area contributed by atoms with E-state index in [0.29, 0.717) is 6.42 Å². The fourth-order valence-corrected chi connectivity index (χ4v) is 15.7. The highest BCUT2D eigenvalue weighted by molar-refractivity contribution is 5.76. The first-order valence-electron chi connectivity index (χ1n) is 44.9. The number of aliphatic hydroxyl groups excluding tert-OH is 11. The van der Waals surface area contributed by atoms with Crippen LogP contribution in [0.4, 0.5) is 0 Å². The van der Waals surface area contributed by atoms with E-state index in [1.54, 1.807) is 6.08 Å². The monoisotopic (exact) mass is 1510 g/mol. The summed E-state index contributed by atoms with van der Waals surface area (Å²) in [5.41, 5.74) is 0. The van der Waals surface area contributed by atoms with Crippen LogP contribution < -0.4 is 5.32 Å². The zero-order valence-corrected chi connectivity index (χ0v) is 67.7. The molecule has 0 saturated carbocycles. The number of nitrogens with one attached hydrogen (secondary N) is 1. The molecule has 106 heavy (non-hydrogen) atoms. The average molecular weight is 1520 g/mol. The third-order valence-corrected chi connectivity index (χ3v) is 22.8. The maximum atomic E-state index is 13.5. The van der Waals surface area contributed by atoms with E-state index in [9.17, 15) is 61.0 Å². The average Bonchev–Trinajstić information content (AvgIpc) is 0.781. The van der Waals surface area contributed by atoms with Gasteiger partial charge in [-0.3, -0.25) is 4.79 Å². The molecule has 3 rings (SSSR count). The van der Waals surface area contributed by atoms with E-state index in [2.05, 4.69) is 19.2 Å². The molecule has 19 heteroatoms. The van der Waals surface area contributed by atoms with Crippen LogP contribution in [0.2, 0.25) is 0 Å². The lowest BCUT2D eigenvalue weighted by molar-refractivity contribution is -0.379. The van der Waals surface area contributed by atoms with Crippen LogP contribution in [0.5, 0.6) is 0 Å². The van der Waals surface area contributed by atoms with Crippen molar-refractivity contribution in [3.8, 4) is 0 Å². The van der Waals surface area contributed by atoms with Crippen LogP contribution in [0.25, 0.3) is 0 Å². The van der Waals surface area contributed by atoms with Gasteiger partial charge in [0.15, 0.2) is 18.9 Å². The standard InChI is InChI=1S/C87H167NO18/c1-3-5-7-9-11-13-15-17-19-21-23-25-26-27-28-29-30-31-32-33-34-35-36-37-38-39-40-41-42-43-44-45-47-49-51-53-55-57-59-61-63-65-75(93)88-70(71(92)64-62-60-58-56-54-52-50-48-46-24-22-20-18-16-14-12-10-8-6-4-2)69-101-85-81(99)78(96)83(73(67-90)103-85)106-87-82(100)79(97)84(74(68-91)104-87)105-86-80(98)77(95)76(94)72(66-89)102-86/h62,64,70-74,76-87,89-92,94-100H,3-61,63,65-69H2,1-2H3,(H,88,93)/b64-62+. The fraction of sp³-hybridized carbons (Fsp3) is 0.966. The Bertz CT molecular complexity index is 1960. The predicted molar refractivity (Wildman–Crippen MR) is 425 cm³/mol. The number of unbranched alkanes of at least 4 members (excludes halogenated alkanes) is 58. The molecule has 1 amide bonds. The van der Waals surface area contributed by atoms with E-state index in [-0.39, 0.29) is 18.9 Å². The third kappa shape index (κ3) is 46.6. The lowest BCUT2D eigenvalue weighted by Gasteiger charge is -2.48. The number of amides is 1. The summed E-state index contributed by atoms with van der Waals surface area (Å²) < 4.78 is 34.5. The first-order valence-corrected chi connectivity index (χ1v) is 44.9. The molecule has 17 atom stereocenters. The van der Waals surface area contributed by atoms with Gasteiger partial charge in [0, 0.05) is 6.42 Å². The highest BCUT2D eigenvalue weighted by atomic mass is 16.8. The molecule has 3 saturated heterocycles. The molecule has 3 heterocycles. The van der Waals surface area contributed by atoms with E-state index in [4.69, 9.17) is 28.4 Å². The van der Waals surface area contributed by atoms with Gasteiger partial charge in [0.2, 0.25) is 5.91 Å². The molecule has 12 N–H and O–H groups in total. The van der Waals surface area contributed by atoms with E-state index in [0.717, 1.165) is 44.9 Å². The molecule has 0 radical (unpaired) electrons. The Morgan fingerprint density at radius 3 is 0.887 bits per heavy atom. The number of hydrogen-bond acceptors (Lipinski definition) is 18. The minimum Gasteiger partial charge on any atom is -0.394 e. The van der Waals surface area contributed by atoms with Gasteiger partial charge in [-0.25, -0.2) is 0 Å². The Labute approximate surface area is 646 Å². The molecule has 0 bridgehead atoms. The van der Waals surface area contributed by atoms with Gasteiger partial charge in [-0.2, -0.15) is 0 Å². The first kappa shape index (κ1) is 98.7. The number of ether oxygens (including phenoxy) is 6. The number of carbonyl (C=O) groups is 1. The summed E-state index contributed by atoms with van der Waals surface area (Å²) in [5, 5.41) is 121.